The first-order valence-electron chi connectivity index (χ1n) is 10.5. The number of likely N-dealkylation sites (N-methyl/N-ethyl adjacent to an activating group) is 1. The number of carboxylic acids is 2. The van der Waals surface area contributed by atoms with E-state index < -0.39 is 11.9 Å². The van der Waals surface area contributed by atoms with Crippen molar-refractivity contribution in [1.82, 2.24) is 14.9 Å². The van der Waals surface area contributed by atoms with E-state index in [1.807, 2.05) is 48.5 Å². The number of methoxy groups -OCH3 is 1. The highest BCUT2D eigenvalue weighted by Crippen LogP contribution is 2.31. The summed E-state index contributed by atoms with van der Waals surface area (Å²) in [6.07, 6.45) is 1.12. The fourth-order valence-corrected chi connectivity index (χ4v) is 3.18. The van der Waals surface area contributed by atoms with Crippen LogP contribution in [0.15, 0.2) is 60.7 Å². The third-order valence-corrected chi connectivity index (χ3v) is 4.97. The van der Waals surface area contributed by atoms with Crippen LogP contribution in [0.1, 0.15) is 0 Å². The highest BCUT2D eigenvalue weighted by atomic mass is 16.5. The van der Waals surface area contributed by atoms with Crippen LogP contribution in [0.3, 0.4) is 0 Å². The van der Waals surface area contributed by atoms with E-state index in [2.05, 4.69) is 16.8 Å². The number of rotatable bonds is 6. The van der Waals surface area contributed by atoms with Gasteiger partial charge in [0.2, 0.25) is 11.8 Å². The molecule has 3 aromatic rings. The fraction of sp³-hybridized carbons (Fsp3) is 0.250. The molecule has 2 N–H and O–H groups in total. The Bertz CT molecular complexity index is 1160. The molecule has 34 heavy (non-hydrogen) atoms. The number of aromatic nitrogens is 2. The maximum atomic E-state index is 9.55. The normalized spacial score (nSPS) is 13.9. The summed E-state index contributed by atoms with van der Waals surface area (Å²) < 4.78 is 11.4. The molecule has 0 atom stereocenters. The summed E-state index contributed by atoms with van der Waals surface area (Å²) in [7, 11) is 3.78. The van der Waals surface area contributed by atoms with Crippen LogP contribution in [-0.2, 0) is 9.59 Å². The summed E-state index contributed by atoms with van der Waals surface area (Å²) in [5, 5.41) is 16.5. The van der Waals surface area contributed by atoms with Crippen LogP contribution in [0, 0.1) is 0 Å². The van der Waals surface area contributed by atoms with Gasteiger partial charge in [-0.1, -0.05) is 18.2 Å². The lowest BCUT2D eigenvalue weighted by Crippen LogP contribution is -2.45. The van der Waals surface area contributed by atoms with Gasteiger partial charge in [-0.15, -0.1) is 0 Å². The smallest absolute Gasteiger partial charge is 0.328 e. The molecule has 0 unspecified atom stereocenters. The minimum absolute atomic E-state index is 0.558. The number of anilines is 1. The molecule has 1 aromatic heterocycles. The van der Waals surface area contributed by atoms with Gasteiger partial charge in [-0.05, 0) is 31.3 Å². The van der Waals surface area contributed by atoms with Crippen LogP contribution in [0.25, 0.3) is 10.9 Å². The molecule has 2 aromatic carbocycles. The van der Waals surface area contributed by atoms with Gasteiger partial charge in [-0.25, -0.2) is 14.6 Å². The maximum Gasteiger partial charge on any atom is 0.328 e. The zero-order chi connectivity index (χ0) is 24.5. The molecule has 10 heteroatoms. The van der Waals surface area contributed by atoms with Crippen LogP contribution >= 0.6 is 0 Å². The summed E-state index contributed by atoms with van der Waals surface area (Å²) in [4.78, 5) is 33.1. The maximum absolute atomic E-state index is 9.55. The predicted octanol–water partition coefficient (Wildman–Crippen LogP) is 2.89. The van der Waals surface area contributed by atoms with E-state index in [0.717, 1.165) is 48.8 Å². The standard InChI is InChI=1S/C20H22N4O2.C4H4O4/c1-23-10-12-24(13-11-23)20-21-18-9-4-3-8-17(18)19(22-20)26-16-7-5-6-15(14-16)25-2;5-3(6)1-2-4(7)8/h3-9,14H,10-13H2,1-2H3;1-2H,(H,5,6)(H,7,8)/b;2-1+. The number of hydrogen-bond donors (Lipinski definition) is 2. The number of fused-ring (bicyclic) bond motifs is 1. The molecule has 1 saturated heterocycles. The van der Waals surface area contributed by atoms with E-state index in [1.165, 1.54) is 0 Å². The molecule has 1 aliphatic rings. The zero-order valence-electron chi connectivity index (χ0n) is 18.9. The lowest BCUT2D eigenvalue weighted by Gasteiger charge is -2.32. The van der Waals surface area contributed by atoms with Crippen LogP contribution in [-0.4, -0.2) is 77.4 Å². The number of piperazine rings is 1. The number of benzene rings is 2. The van der Waals surface area contributed by atoms with Gasteiger partial charge in [0.25, 0.3) is 0 Å². The second-order valence-corrected chi connectivity index (χ2v) is 7.43. The Morgan fingerprint density at radius 2 is 1.56 bits per heavy atom. The first kappa shape index (κ1) is 24.5. The summed E-state index contributed by atoms with van der Waals surface area (Å²) in [6, 6.07) is 15.5. The van der Waals surface area contributed by atoms with Crippen molar-refractivity contribution >= 4 is 28.8 Å². The van der Waals surface area contributed by atoms with E-state index in [0.29, 0.717) is 23.8 Å². The van der Waals surface area contributed by atoms with Crippen molar-refractivity contribution in [2.75, 3.05) is 45.2 Å². The average Bonchev–Trinajstić information content (AvgIpc) is 2.83. The number of para-hydroxylation sites is 1. The molecule has 10 nitrogen and oxygen atoms in total. The summed E-state index contributed by atoms with van der Waals surface area (Å²) in [6.45, 7) is 3.82. The fourth-order valence-electron chi connectivity index (χ4n) is 3.18. The minimum atomic E-state index is -1.26. The molecule has 178 valence electrons. The number of aliphatic carboxylic acids is 2. The van der Waals surface area contributed by atoms with Gasteiger partial charge in [-0.3, -0.25) is 0 Å². The molecule has 0 amide bonds. The number of nitrogens with zero attached hydrogens (tertiary/aromatic N) is 4. The Kier molecular flexibility index (Phi) is 8.36. The number of carboxylic acid groups (broad SMARTS) is 2. The number of carbonyl (C=O) groups is 2. The largest absolute Gasteiger partial charge is 0.497 e. The van der Waals surface area contributed by atoms with Gasteiger partial charge in [0.1, 0.15) is 11.5 Å². The van der Waals surface area contributed by atoms with E-state index >= 15 is 0 Å². The predicted molar refractivity (Wildman–Crippen MR) is 127 cm³/mol. The van der Waals surface area contributed by atoms with Crippen molar-refractivity contribution in [2.24, 2.45) is 0 Å². The zero-order valence-corrected chi connectivity index (χ0v) is 18.9. The van der Waals surface area contributed by atoms with Crippen molar-refractivity contribution in [3.63, 3.8) is 0 Å². The van der Waals surface area contributed by atoms with E-state index in [9.17, 15) is 9.59 Å². The Morgan fingerprint density at radius 1 is 0.912 bits per heavy atom. The lowest BCUT2D eigenvalue weighted by molar-refractivity contribution is -0.134. The van der Waals surface area contributed by atoms with Crippen molar-refractivity contribution < 1.29 is 29.3 Å². The number of ether oxygens (including phenoxy) is 2. The summed E-state index contributed by atoms with van der Waals surface area (Å²) in [5.41, 5.74) is 0.884. The quantitative estimate of drug-likeness (QED) is 0.524. The Morgan fingerprint density at radius 3 is 2.21 bits per heavy atom. The minimum Gasteiger partial charge on any atom is -0.497 e. The van der Waals surface area contributed by atoms with Crippen LogP contribution in [0.2, 0.25) is 0 Å². The molecule has 1 aliphatic heterocycles. The topological polar surface area (TPSA) is 125 Å². The first-order chi connectivity index (χ1) is 16.4. The second kappa shape index (κ2) is 11.6. The van der Waals surface area contributed by atoms with E-state index in [1.54, 1.807) is 7.11 Å². The molecule has 0 radical (unpaired) electrons. The third-order valence-electron chi connectivity index (χ3n) is 4.97. The highest BCUT2D eigenvalue weighted by Gasteiger charge is 2.19. The van der Waals surface area contributed by atoms with Crippen LogP contribution in [0.4, 0.5) is 5.95 Å². The van der Waals surface area contributed by atoms with Crippen molar-refractivity contribution in [3.8, 4) is 17.4 Å². The summed E-state index contributed by atoms with van der Waals surface area (Å²) >= 11 is 0. The van der Waals surface area contributed by atoms with E-state index in [4.69, 9.17) is 29.7 Å². The van der Waals surface area contributed by atoms with Crippen LogP contribution < -0.4 is 14.4 Å². The van der Waals surface area contributed by atoms with Gasteiger partial charge in [0, 0.05) is 44.4 Å². The molecule has 0 bridgehead atoms. The first-order valence-corrected chi connectivity index (χ1v) is 10.5. The second-order valence-electron chi connectivity index (χ2n) is 7.43. The van der Waals surface area contributed by atoms with Gasteiger partial charge in [-0.2, -0.15) is 4.98 Å². The molecule has 4 rings (SSSR count). The highest BCUT2D eigenvalue weighted by molar-refractivity contribution is 5.89. The average molecular weight is 466 g/mol. The third kappa shape index (κ3) is 6.91. The Labute approximate surface area is 196 Å². The monoisotopic (exact) mass is 466 g/mol. The SMILES string of the molecule is COc1cccc(Oc2nc(N3CCN(C)CC3)nc3ccccc23)c1.O=C(O)/C=C/C(=O)O. The lowest BCUT2D eigenvalue weighted by atomic mass is 10.2. The molecule has 0 aliphatic carbocycles. The Balaban J connectivity index is 0.000000350. The van der Waals surface area contributed by atoms with Gasteiger partial charge >= 0.3 is 11.9 Å². The summed E-state index contributed by atoms with van der Waals surface area (Å²) in [5.74, 6) is 0.213. The molecular formula is C24H26N4O6. The molecule has 1 fully saturated rings. The van der Waals surface area contributed by atoms with Crippen molar-refractivity contribution in [3.05, 3.63) is 60.7 Å². The van der Waals surface area contributed by atoms with Gasteiger partial charge in [0.15, 0.2) is 0 Å². The molecule has 0 saturated carbocycles. The molecular weight excluding hydrogens is 440 g/mol. The van der Waals surface area contributed by atoms with Crippen molar-refractivity contribution in [2.45, 2.75) is 0 Å². The molecule has 0 spiro atoms. The van der Waals surface area contributed by atoms with E-state index in [-0.39, 0.29) is 0 Å². The number of hydrogen-bond acceptors (Lipinski definition) is 8. The van der Waals surface area contributed by atoms with Crippen LogP contribution in [0.5, 0.6) is 17.4 Å². The van der Waals surface area contributed by atoms with Gasteiger partial charge in [0.05, 0.1) is 18.0 Å². The van der Waals surface area contributed by atoms with Gasteiger partial charge < -0.3 is 29.5 Å². The van der Waals surface area contributed by atoms with Crippen molar-refractivity contribution in [1.29, 1.82) is 0 Å². The Hall–Kier alpha value is -4.18. The molecule has 2 heterocycles.